The second-order valence-corrected chi connectivity index (χ2v) is 6.59. The van der Waals surface area contributed by atoms with Gasteiger partial charge in [0.05, 0.1) is 12.6 Å². The lowest BCUT2D eigenvalue weighted by Gasteiger charge is -2.15. The normalized spacial score (nSPS) is 12.0. The Morgan fingerprint density at radius 3 is 2.56 bits per heavy atom. The van der Waals surface area contributed by atoms with Crippen molar-refractivity contribution in [3.8, 4) is 0 Å². The summed E-state index contributed by atoms with van der Waals surface area (Å²) in [6.07, 6.45) is 3.18. The number of benzene rings is 3. The summed E-state index contributed by atoms with van der Waals surface area (Å²) < 4.78 is 1.75. The molecule has 5 nitrogen and oxygen atoms in total. The van der Waals surface area contributed by atoms with Crippen molar-refractivity contribution >= 4 is 16.7 Å². The van der Waals surface area contributed by atoms with Crippen LogP contribution in [0.1, 0.15) is 34.5 Å². The van der Waals surface area contributed by atoms with Gasteiger partial charge in [0.1, 0.15) is 12.7 Å². The minimum absolute atomic E-state index is 0.0723. The molecule has 0 aliphatic heterocycles. The van der Waals surface area contributed by atoms with Gasteiger partial charge in [0, 0.05) is 5.56 Å². The first-order valence-corrected chi connectivity index (χ1v) is 8.90. The predicted octanol–water partition coefficient (Wildman–Crippen LogP) is 3.97. The Balaban J connectivity index is 1.44. The lowest BCUT2D eigenvalue weighted by atomic mass is 10.0. The van der Waals surface area contributed by atoms with Gasteiger partial charge in [0.2, 0.25) is 0 Å². The molecule has 0 aliphatic carbocycles. The molecule has 1 aromatic heterocycles. The Bertz CT molecular complexity index is 1060. The van der Waals surface area contributed by atoms with Crippen molar-refractivity contribution < 1.29 is 4.79 Å². The molecule has 0 bridgehead atoms. The number of nitrogens with one attached hydrogen (secondary N) is 1. The minimum Gasteiger partial charge on any atom is -0.346 e. The fourth-order valence-corrected chi connectivity index (χ4v) is 3.10. The molecule has 4 aromatic rings. The number of rotatable bonds is 5. The average Bonchev–Trinajstić information content (AvgIpc) is 3.21. The van der Waals surface area contributed by atoms with E-state index in [0.717, 1.165) is 11.1 Å². The zero-order valence-electron chi connectivity index (χ0n) is 15.0. The fourth-order valence-electron chi connectivity index (χ4n) is 3.10. The van der Waals surface area contributed by atoms with E-state index in [1.165, 1.54) is 17.1 Å². The van der Waals surface area contributed by atoms with Crippen molar-refractivity contribution in [3.63, 3.8) is 0 Å². The molecule has 1 unspecified atom stereocenters. The molecule has 0 spiro atoms. The van der Waals surface area contributed by atoms with Gasteiger partial charge in [-0.3, -0.25) is 4.79 Å². The standard InChI is InChI=1S/C22H20N4O/c1-16(20-11-10-18-4-2-3-5-21(18)12-20)25-22(27)19-8-6-17(7-9-19)13-26-15-23-14-24-26/h2-12,14-16H,13H2,1H3,(H,25,27). The summed E-state index contributed by atoms with van der Waals surface area (Å²) in [5.74, 6) is -0.0806. The van der Waals surface area contributed by atoms with Crippen molar-refractivity contribution in [3.05, 3.63) is 96.1 Å². The highest BCUT2D eigenvalue weighted by Crippen LogP contribution is 2.20. The first-order valence-electron chi connectivity index (χ1n) is 8.90. The van der Waals surface area contributed by atoms with Crippen LogP contribution in [-0.2, 0) is 6.54 Å². The predicted molar refractivity (Wildman–Crippen MR) is 105 cm³/mol. The quantitative estimate of drug-likeness (QED) is 0.589. The third-order valence-electron chi connectivity index (χ3n) is 4.65. The summed E-state index contributed by atoms with van der Waals surface area (Å²) in [7, 11) is 0. The first-order chi connectivity index (χ1) is 13.2. The van der Waals surface area contributed by atoms with E-state index in [9.17, 15) is 4.79 Å². The number of carbonyl (C=O) groups is 1. The van der Waals surface area contributed by atoms with Gasteiger partial charge in [-0.25, -0.2) is 9.67 Å². The van der Waals surface area contributed by atoms with Crippen LogP contribution in [0, 0.1) is 0 Å². The smallest absolute Gasteiger partial charge is 0.251 e. The zero-order valence-corrected chi connectivity index (χ0v) is 15.0. The molecule has 1 heterocycles. The van der Waals surface area contributed by atoms with Gasteiger partial charge in [0.25, 0.3) is 5.91 Å². The maximum atomic E-state index is 12.6. The van der Waals surface area contributed by atoms with Crippen LogP contribution in [0.2, 0.25) is 0 Å². The molecular formula is C22H20N4O. The number of nitrogens with zero attached hydrogens (tertiary/aromatic N) is 3. The van der Waals surface area contributed by atoms with Crippen molar-refractivity contribution in [2.45, 2.75) is 19.5 Å². The summed E-state index contributed by atoms with van der Waals surface area (Å²) in [6.45, 7) is 2.64. The molecule has 1 atom stereocenters. The third-order valence-corrected chi connectivity index (χ3v) is 4.65. The van der Waals surface area contributed by atoms with E-state index >= 15 is 0 Å². The Kier molecular flexibility index (Phi) is 4.66. The molecule has 4 rings (SSSR count). The summed E-state index contributed by atoms with van der Waals surface area (Å²) in [5, 5.41) is 9.54. The number of hydrogen-bond acceptors (Lipinski definition) is 3. The van der Waals surface area contributed by atoms with Crippen LogP contribution in [0.5, 0.6) is 0 Å². The van der Waals surface area contributed by atoms with Crippen LogP contribution in [0.25, 0.3) is 10.8 Å². The van der Waals surface area contributed by atoms with E-state index < -0.39 is 0 Å². The van der Waals surface area contributed by atoms with E-state index in [4.69, 9.17) is 0 Å². The van der Waals surface area contributed by atoms with Gasteiger partial charge < -0.3 is 5.32 Å². The summed E-state index contributed by atoms with van der Waals surface area (Å²) >= 11 is 0. The number of fused-ring (bicyclic) bond motifs is 1. The van der Waals surface area contributed by atoms with Crippen molar-refractivity contribution in [1.29, 1.82) is 0 Å². The van der Waals surface area contributed by atoms with Crippen molar-refractivity contribution in [2.24, 2.45) is 0 Å². The monoisotopic (exact) mass is 356 g/mol. The lowest BCUT2D eigenvalue weighted by molar-refractivity contribution is 0.0940. The third kappa shape index (κ3) is 3.87. The van der Waals surface area contributed by atoms with Crippen LogP contribution in [0.3, 0.4) is 0 Å². The van der Waals surface area contributed by atoms with Crippen molar-refractivity contribution in [2.75, 3.05) is 0 Å². The highest BCUT2D eigenvalue weighted by molar-refractivity contribution is 5.94. The summed E-state index contributed by atoms with van der Waals surface area (Å²) in [4.78, 5) is 16.5. The summed E-state index contributed by atoms with van der Waals surface area (Å²) in [6, 6.07) is 22.0. The lowest BCUT2D eigenvalue weighted by Crippen LogP contribution is -2.26. The van der Waals surface area contributed by atoms with Gasteiger partial charge in [-0.1, -0.05) is 48.5 Å². The SMILES string of the molecule is CC(NC(=O)c1ccc(Cn2cncn2)cc1)c1ccc2ccccc2c1. The summed E-state index contributed by atoms with van der Waals surface area (Å²) in [5.41, 5.74) is 2.80. The largest absolute Gasteiger partial charge is 0.346 e. The van der Waals surface area contributed by atoms with Gasteiger partial charge in [-0.15, -0.1) is 0 Å². The number of hydrogen-bond donors (Lipinski definition) is 1. The molecule has 0 radical (unpaired) electrons. The molecule has 27 heavy (non-hydrogen) atoms. The first kappa shape index (κ1) is 17.0. The van der Waals surface area contributed by atoms with E-state index in [1.807, 2.05) is 43.3 Å². The van der Waals surface area contributed by atoms with Gasteiger partial charge in [0.15, 0.2) is 0 Å². The average molecular weight is 356 g/mol. The van der Waals surface area contributed by atoms with Crippen molar-refractivity contribution in [1.82, 2.24) is 20.1 Å². The van der Waals surface area contributed by atoms with Crippen LogP contribution >= 0.6 is 0 Å². The molecule has 134 valence electrons. The zero-order chi connectivity index (χ0) is 18.6. The van der Waals surface area contributed by atoms with Crippen LogP contribution in [-0.4, -0.2) is 20.7 Å². The Morgan fingerprint density at radius 1 is 1.04 bits per heavy atom. The van der Waals surface area contributed by atoms with Gasteiger partial charge in [-0.2, -0.15) is 5.10 Å². The highest BCUT2D eigenvalue weighted by atomic mass is 16.1. The molecule has 5 heteroatoms. The van der Waals surface area contributed by atoms with Crippen LogP contribution in [0.15, 0.2) is 79.4 Å². The second kappa shape index (κ2) is 7.41. The van der Waals surface area contributed by atoms with Gasteiger partial charge in [-0.05, 0) is 47.0 Å². The van der Waals surface area contributed by atoms with E-state index in [-0.39, 0.29) is 11.9 Å². The fraction of sp³-hybridized carbons (Fsp3) is 0.136. The molecule has 3 aromatic carbocycles. The van der Waals surface area contributed by atoms with Gasteiger partial charge >= 0.3 is 0 Å². The Labute approximate surface area is 157 Å². The Morgan fingerprint density at radius 2 is 1.81 bits per heavy atom. The molecule has 1 amide bonds. The molecule has 0 saturated carbocycles. The topological polar surface area (TPSA) is 59.8 Å². The van der Waals surface area contributed by atoms with Crippen LogP contribution in [0.4, 0.5) is 0 Å². The minimum atomic E-state index is -0.0806. The van der Waals surface area contributed by atoms with E-state index in [0.29, 0.717) is 12.1 Å². The van der Waals surface area contributed by atoms with E-state index in [1.54, 1.807) is 11.0 Å². The highest BCUT2D eigenvalue weighted by Gasteiger charge is 2.12. The number of amides is 1. The second-order valence-electron chi connectivity index (χ2n) is 6.59. The number of carbonyl (C=O) groups excluding carboxylic acids is 1. The maximum absolute atomic E-state index is 12.6. The molecule has 1 N–H and O–H groups in total. The maximum Gasteiger partial charge on any atom is 0.251 e. The molecule has 0 aliphatic rings. The molecular weight excluding hydrogens is 336 g/mol. The molecule has 0 fully saturated rings. The number of aromatic nitrogens is 3. The van der Waals surface area contributed by atoms with E-state index in [2.05, 4.69) is 45.7 Å². The molecule has 0 saturated heterocycles. The Hall–Kier alpha value is -3.47. The van der Waals surface area contributed by atoms with Crippen LogP contribution < -0.4 is 5.32 Å².